The minimum Gasteiger partial charge on any atom is -0.475 e. The van der Waals surface area contributed by atoms with E-state index in [9.17, 15) is 13.2 Å². The number of aliphatic carboxylic acids is 1. The molecule has 1 saturated heterocycles. The van der Waals surface area contributed by atoms with E-state index >= 15 is 0 Å². The molecule has 2 atom stereocenters. The van der Waals surface area contributed by atoms with Crippen molar-refractivity contribution in [3.63, 3.8) is 0 Å². The SMILES string of the molecule is C1CCC2NCCC2C1.O=C(O)C(F)(F)F. The fourth-order valence-electron chi connectivity index (χ4n) is 2.28. The van der Waals surface area contributed by atoms with Gasteiger partial charge in [-0.3, -0.25) is 0 Å². The molecule has 1 saturated carbocycles. The molecule has 2 rings (SSSR count). The molecular weight excluding hydrogens is 223 g/mol. The Morgan fingerprint density at radius 1 is 1.19 bits per heavy atom. The second kappa shape index (κ2) is 5.52. The molecule has 0 amide bonds. The van der Waals surface area contributed by atoms with Crippen molar-refractivity contribution in [1.29, 1.82) is 0 Å². The lowest BCUT2D eigenvalue weighted by Gasteiger charge is -2.24. The highest BCUT2D eigenvalue weighted by molar-refractivity contribution is 5.73. The molecule has 0 aromatic heterocycles. The van der Waals surface area contributed by atoms with Crippen LogP contribution >= 0.6 is 0 Å². The first-order valence-corrected chi connectivity index (χ1v) is 5.44. The standard InChI is InChI=1S/C8H15N.C2HF3O2/c1-2-4-8-7(3-1)5-6-9-8;3-2(4,5)1(6)7/h7-9H,1-6H2;(H,6,7). The first kappa shape index (κ1) is 13.3. The lowest BCUT2D eigenvalue weighted by atomic mass is 9.86. The van der Waals surface area contributed by atoms with Gasteiger partial charge in [-0.1, -0.05) is 12.8 Å². The van der Waals surface area contributed by atoms with Crippen LogP contribution < -0.4 is 5.32 Å². The molecule has 6 heteroatoms. The lowest BCUT2D eigenvalue weighted by molar-refractivity contribution is -0.192. The van der Waals surface area contributed by atoms with Crippen molar-refractivity contribution < 1.29 is 23.1 Å². The average Bonchev–Trinajstić information content (AvgIpc) is 2.64. The molecule has 0 aromatic rings. The molecule has 3 nitrogen and oxygen atoms in total. The molecule has 2 aliphatic rings. The second-order valence-electron chi connectivity index (χ2n) is 4.20. The molecule has 2 unspecified atom stereocenters. The van der Waals surface area contributed by atoms with Crippen LogP contribution in [0.2, 0.25) is 0 Å². The summed E-state index contributed by atoms with van der Waals surface area (Å²) in [5.74, 6) is -1.70. The molecule has 0 aromatic carbocycles. The van der Waals surface area contributed by atoms with Crippen LogP contribution in [0.3, 0.4) is 0 Å². The summed E-state index contributed by atoms with van der Waals surface area (Å²) in [6.45, 7) is 1.29. The number of fused-ring (bicyclic) bond motifs is 1. The van der Waals surface area contributed by atoms with Crippen LogP contribution in [0, 0.1) is 5.92 Å². The van der Waals surface area contributed by atoms with E-state index in [1.807, 2.05) is 0 Å². The number of hydrogen-bond donors (Lipinski definition) is 2. The lowest BCUT2D eigenvalue weighted by Crippen LogP contribution is -2.29. The van der Waals surface area contributed by atoms with Gasteiger partial charge >= 0.3 is 12.1 Å². The van der Waals surface area contributed by atoms with Crippen LogP contribution in [0.5, 0.6) is 0 Å². The minimum atomic E-state index is -5.08. The summed E-state index contributed by atoms with van der Waals surface area (Å²) in [5, 5.41) is 10.7. The number of carbonyl (C=O) groups is 1. The van der Waals surface area contributed by atoms with E-state index in [4.69, 9.17) is 9.90 Å². The van der Waals surface area contributed by atoms with Gasteiger partial charge in [0.2, 0.25) is 0 Å². The maximum absolute atomic E-state index is 10.6. The van der Waals surface area contributed by atoms with E-state index in [0.717, 1.165) is 12.0 Å². The number of hydrogen-bond acceptors (Lipinski definition) is 2. The molecule has 1 aliphatic heterocycles. The third-order valence-corrected chi connectivity index (χ3v) is 3.07. The fourth-order valence-corrected chi connectivity index (χ4v) is 2.28. The molecule has 0 radical (unpaired) electrons. The Bertz CT molecular complexity index is 231. The highest BCUT2D eigenvalue weighted by Crippen LogP contribution is 2.29. The monoisotopic (exact) mass is 239 g/mol. The van der Waals surface area contributed by atoms with Crippen molar-refractivity contribution in [2.24, 2.45) is 5.92 Å². The molecule has 0 spiro atoms. The van der Waals surface area contributed by atoms with Gasteiger partial charge in [-0.15, -0.1) is 0 Å². The normalized spacial score (nSPS) is 28.9. The van der Waals surface area contributed by atoms with Gasteiger partial charge in [-0.25, -0.2) is 4.79 Å². The quantitative estimate of drug-likeness (QED) is 0.681. The third kappa shape index (κ3) is 4.00. The first-order chi connectivity index (χ1) is 7.41. The average molecular weight is 239 g/mol. The van der Waals surface area contributed by atoms with E-state index in [-0.39, 0.29) is 0 Å². The third-order valence-electron chi connectivity index (χ3n) is 3.07. The van der Waals surface area contributed by atoms with Crippen molar-refractivity contribution in [3.05, 3.63) is 0 Å². The summed E-state index contributed by atoms with van der Waals surface area (Å²) in [4.78, 5) is 8.90. The Labute approximate surface area is 92.0 Å². The van der Waals surface area contributed by atoms with Crippen molar-refractivity contribution in [2.75, 3.05) is 6.54 Å². The first-order valence-electron chi connectivity index (χ1n) is 5.44. The molecule has 2 fully saturated rings. The highest BCUT2D eigenvalue weighted by Gasteiger charge is 2.38. The molecule has 0 bridgehead atoms. The van der Waals surface area contributed by atoms with Gasteiger partial charge in [0.1, 0.15) is 0 Å². The number of carboxylic acids is 1. The Balaban J connectivity index is 0.000000168. The van der Waals surface area contributed by atoms with Crippen molar-refractivity contribution >= 4 is 5.97 Å². The summed E-state index contributed by atoms with van der Waals surface area (Å²) in [6.07, 6.45) is 2.27. The van der Waals surface area contributed by atoms with E-state index in [2.05, 4.69) is 5.32 Å². The second-order valence-corrected chi connectivity index (χ2v) is 4.20. The molecule has 94 valence electrons. The highest BCUT2D eigenvalue weighted by atomic mass is 19.4. The maximum Gasteiger partial charge on any atom is 0.490 e. The topological polar surface area (TPSA) is 49.3 Å². The molecule has 1 heterocycles. The predicted octanol–water partition coefficient (Wildman–Crippen LogP) is 2.17. The zero-order valence-corrected chi connectivity index (χ0v) is 8.89. The number of nitrogens with one attached hydrogen (secondary N) is 1. The Morgan fingerprint density at radius 2 is 1.75 bits per heavy atom. The fraction of sp³-hybridized carbons (Fsp3) is 0.900. The molecule has 16 heavy (non-hydrogen) atoms. The Morgan fingerprint density at radius 3 is 2.25 bits per heavy atom. The summed E-state index contributed by atoms with van der Waals surface area (Å²) in [6, 6.07) is 0.916. The number of carboxylic acid groups (broad SMARTS) is 1. The smallest absolute Gasteiger partial charge is 0.475 e. The van der Waals surface area contributed by atoms with Gasteiger partial charge in [0.25, 0.3) is 0 Å². The maximum atomic E-state index is 10.6. The van der Waals surface area contributed by atoms with Crippen LogP contribution in [-0.2, 0) is 4.79 Å². The largest absolute Gasteiger partial charge is 0.490 e. The predicted molar refractivity (Wildman–Crippen MR) is 52.1 cm³/mol. The van der Waals surface area contributed by atoms with Gasteiger partial charge < -0.3 is 10.4 Å². The van der Waals surface area contributed by atoms with E-state index < -0.39 is 12.1 Å². The number of rotatable bonds is 0. The van der Waals surface area contributed by atoms with Crippen LogP contribution in [0.15, 0.2) is 0 Å². The van der Waals surface area contributed by atoms with Crippen LogP contribution in [-0.4, -0.2) is 29.8 Å². The van der Waals surface area contributed by atoms with Crippen molar-refractivity contribution in [2.45, 2.75) is 44.3 Å². The van der Waals surface area contributed by atoms with Crippen LogP contribution in [0.1, 0.15) is 32.1 Å². The zero-order valence-electron chi connectivity index (χ0n) is 8.89. The van der Waals surface area contributed by atoms with Gasteiger partial charge in [0, 0.05) is 6.04 Å². The molecule has 2 N–H and O–H groups in total. The number of alkyl halides is 3. The van der Waals surface area contributed by atoms with Crippen molar-refractivity contribution in [3.8, 4) is 0 Å². The number of halogens is 3. The Hall–Kier alpha value is -0.780. The van der Waals surface area contributed by atoms with Gasteiger partial charge in [0.15, 0.2) is 0 Å². The Kier molecular flexibility index (Phi) is 4.58. The van der Waals surface area contributed by atoms with Gasteiger partial charge in [0.05, 0.1) is 0 Å². The summed E-state index contributed by atoms with van der Waals surface area (Å²) >= 11 is 0. The van der Waals surface area contributed by atoms with E-state index in [1.54, 1.807) is 0 Å². The molecule has 1 aliphatic carbocycles. The van der Waals surface area contributed by atoms with E-state index in [0.29, 0.717) is 0 Å². The zero-order chi connectivity index (χ0) is 12.2. The van der Waals surface area contributed by atoms with Crippen LogP contribution in [0.4, 0.5) is 13.2 Å². The van der Waals surface area contributed by atoms with Crippen molar-refractivity contribution in [1.82, 2.24) is 5.32 Å². The summed E-state index contributed by atoms with van der Waals surface area (Å²) in [5.41, 5.74) is 0. The summed E-state index contributed by atoms with van der Waals surface area (Å²) in [7, 11) is 0. The molecular formula is C10H16F3NO2. The summed E-state index contributed by atoms with van der Waals surface area (Å²) < 4.78 is 31.7. The van der Waals surface area contributed by atoms with Gasteiger partial charge in [-0.2, -0.15) is 13.2 Å². The van der Waals surface area contributed by atoms with E-state index in [1.165, 1.54) is 38.6 Å². The van der Waals surface area contributed by atoms with Gasteiger partial charge in [-0.05, 0) is 31.7 Å². The van der Waals surface area contributed by atoms with Crippen LogP contribution in [0.25, 0.3) is 0 Å². The minimum absolute atomic E-state index is 0.916.